The van der Waals surface area contributed by atoms with Crippen LogP contribution in [0.5, 0.6) is 11.5 Å². The first-order valence-electron chi connectivity index (χ1n) is 10.4. The van der Waals surface area contributed by atoms with Crippen molar-refractivity contribution in [3.63, 3.8) is 0 Å². The van der Waals surface area contributed by atoms with Crippen LogP contribution in [0.1, 0.15) is 56.1 Å². The van der Waals surface area contributed by atoms with Crippen LogP contribution >= 0.6 is 0 Å². The molecular weight excluding hydrogens is 334 g/mol. The van der Waals surface area contributed by atoms with Gasteiger partial charge in [0.2, 0.25) is 0 Å². The summed E-state index contributed by atoms with van der Waals surface area (Å²) in [5.74, 6) is 1.64. The minimum Gasteiger partial charge on any atom is -0.493 e. The molecule has 146 valence electrons. The van der Waals surface area contributed by atoms with Crippen molar-refractivity contribution in [1.82, 2.24) is 5.32 Å². The Morgan fingerprint density at radius 3 is 2.33 bits per heavy atom. The maximum Gasteiger partial charge on any atom is 0.161 e. The Morgan fingerprint density at radius 1 is 0.852 bits per heavy atom. The molecule has 1 fully saturated rings. The summed E-state index contributed by atoms with van der Waals surface area (Å²) in [6, 6.07) is 17.4. The predicted molar refractivity (Wildman–Crippen MR) is 112 cm³/mol. The average molecular weight is 368 g/mol. The van der Waals surface area contributed by atoms with Crippen LogP contribution in [-0.2, 0) is 13.0 Å². The Hall–Kier alpha value is -2.00. The van der Waals surface area contributed by atoms with E-state index in [1.165, 1.54) is 56.1 Å². The van der Waals surface area contributed by atoms with E-state index < -0.39 is 0 Å². The zero-order valence-corrected chi connectivity index (χ0v) is 16.6. The average Bonchev–Trinajstić information content (AvgIpc) is 2.68. The zero-order valence-electron chi connectivity index (χ0n) is 16.6. The summed E-state index contributed by atoms with van der Waals surface area (Å²) in [6.07, 6.45) is 10.4. The van der Waals surface area contributed by atoms with Crippen molar-refractivity contribution in [3.8, 4) is 11.5 Å². The van der Waals surface area contributed by atoms with Crippen LogP contribution in [0, 0.1) is 0 Å². The van der Waals surface area contributed by atoms with E-state index in [0.29, 0.717) is 12.6 Å². The SMILES string of the molecule is COc1cc(CNC2CCCCCCC2)ccc1OCCc1ccccc1. The largest absolute Gasteiger partial charge is 0.493 e. The van der Waals surface area contributed by atoms with Crippen molar-refractivity contribution in [2.24, 2.45) is 0 Å². The van der Waals surface area contributed by atoms with Crippen LogP contribution in [0.2, 0.25) is 0 Å². The fourth-order valence-corrected chi connectivity index (χ4v) is 3.79. The monoisotopic (exact) mass is 367 g/mol. The summed E-state index contributed by atoms with van der Waals surface area (Å²) in [7, 11) is 1.71. The van der Waals surface area contributed by atoms with Gasteiger partial charge in [0.1, 0.15) is 0 Å². The van der Waals surface area contributed by atoms with Crippen LogP contribution in [-0.4, -0.2) is 19.8 Å². The summed E-state index contributed by atoms with van der Waals surface area (Å²) < 4.78 is 11.5. The van der Waals surface area contributed by atoms with Crippen LogP contribution in [0.4, 0.5) is 0 Å². The van der Waals surface area contributed by atoms with Gasteiger partial charge in [-0.1, -0.05) is 68.5 Å². The van der Waals surface area contributed by atoms with Crippen LogP contribution in [0.25, 0.3) is 0 Å². The third kappa shape index (κ3) is 6.59. The molecular formula is C24H33NO2. The molecule has 27 heavy (non-hydrogen) atoms. The Labute approximate surface area is 164 Å². The first-order chi connectivity index (χ1) is 13.3. The number of methoxy groups -OCH3 is 1. The quantitative estimate of drug-likeness (QED) is 0.666. The van der Waals surface area contributed by atoms with Gasteiger partial charge in [0.05, 0.1) is 13.7 Å². The number of ether oxygens (including phenoxy) is 2. The van der Waals surface area contributed by atoms with E-state index in [-0.39, 0.29) is 0 Å². The molecule has 3 rings (SSSR count). The maximum absolute atomic E-state index is 5.97. The Bertz CT molecular complexity index is 663. The van der Waals surface area contributed by atoms with Crippen molar-refractivity contribution in [2.45, 2.75) is 64.0 Å². The topological polar surface area (TPSA) is 30.5 Å². The fourth-order valence-electron chi connectivity index (χ4n) is 3.79. The van der Waals surface area contributed by atoms with Crippen molar-refractivity contribution >= 4 is 0 Å². The molecule has 0 aliphatic heterocycles. The van der Waals surface area contributed by atoms with E-state index in [1.807, 2.05) is 12.1 Å². The molecule has 0 heterocycles. The Morgan fingerprint density at radius 2 is 1.59 bits per heavy atom. The minimum atomic E-state index is 0.651. The van der Waals surface area contributed by atoms with Gasteiger partial charge in [0.15, 0.2) is 11.5 Å². The predicted octanol–water partition coefficient (Wildman–Crippen LogP) is 5.52. The molecule has 0 saturated heterocycles. The van der Waals surface area contributed by atoms with Crippen LogP contribution < -0.4 is 14.8 Å². The molecule has 2 aromatic rings. The van der Waals surface area contributed by atoms with Gasteiger partial charge in [-0.2, -0.15) is 0 Å². The molecule has 0 atom stereocenters. The summed E-state index contributed by atoms with van der Waals surface area (Å²) in [4.78, 5) is 0. The molecule has 3 heteroatoms. The molecule has 3 nitrogen and oxygen atoms in total. The second-order valence-electron chi connectivity index (χ2n) is 7.49. The molecule has 2 aromatic carbocycles. The lowest BCUT2D eigenvalue weighted by Gasteiger charge is -2.21. The van der Waals surface area contributed by atoms with Crippen LogP contribution in [0.15, 0.2) is 48.5 Å². The van der Waals surface area contributed by atoms with Crippen molar-refractivity contribution in [1.29, 1.82) is 0 Å². The molecule has 0 unspecified atom stereocenters. The van der Waals surface area contributed by atoms with Gasteiger partial charge in [-0.15, -0.1) is 0 Å². The first-order valence-corrected chi connectivity index (χ1v) is 10.4. The van der Waals surface area contributed by atoms with E-state index in [0.717, 1.165) is 24.5 Å². The highest BCUT2D eigenvalue weighted by Crippen LogP contribution is 2.28. The second-order valence-corrected chi connectivity index (χ2v) is 7.49. The first kappa shape index (κ1) is 19.8. The lowest BCUT2D eigenvalue weighted by atomic mass is 9.96. The molecule has 1 saturated carbocycles. The zero-order chi connectivity index (χ0) is 18.7. The van der Waals surface area contributed by atoms with E-state index >= 15 is 0 Å². The number of hydrogen-bond acceptors (Lipinski definition) is 3. The number of nitrogens with one attached hydrogen (secondary N) is 1. The number of rotatable bonds is 8. The highest BCUT2D eigenvalue weighted by molar-refractivity contribution is 5.43. The number of benzene rings is 2. The Balaban J connectivity index is 1.50. The highest BCUT2D eigenvalue weighted by atomic mass is 16.5. The van der Waals surface area contributed by atoms with Crippen molar-refractivity contribution in [3.05, 3.63) is 59.7 Å². The van der Waals surface area contributed by atoms with Crippen molar-refractivity contribution < 1.29 is 9.47 Å². The molecule has 1 aliphatic carbocycles. The van der Waals surface area contributed by atoms with Gasteiger partial charge < -0.3 is 14.8 Å². The molecule has 0 spiro atoms. The molecule has 1 aliphatic rings. The molecule has 0 amide bonds. The third-order valence-corrected chi connectivity index (χ3v) is 5.42. The second kappa shape index (κ2) is 11.0. The van der Waals surface area contributed by atoms with Crippen LogP contribution in [0.3, 0.4) is 0 Å². The lowest BCUT2D eigenvalue weighted by molar-refractivity contribution is 0.297. The van der Waals surface area contributed by atoms with Gasteiger partial charge in [-0.3, -0.25) is 0 Å². The fraction of sp³-hybridized carbons (Fsp3) is 0.500. The van der Waals surface area contributed by atoms with E-state index in [9.17, 15) is 0 Å². The smallest absolute Gasteiger partial charge is 0.161 e. The summed E-state index contributed by atoms with van der Waals surface area (Å²) >= 11 is 0. The van der Waals surface area contributed by atoms with Gasteiger partial charge in [-0.25, -0.2) is 0 Å². The summed E-state index contributed by atoms with van der Waals surface area (Å²) in [6.45, 7) is 1.55. The van der Waals surface area contributed by atoms with E-state index in [1.54, 1.807) is 7.11 Å². The third-order valence-electron chi connectivity index (χ3n) is 5.42. The lowest BCUT2D eigenvalue weighted by Crippen LogP contribution is -2.29. The molecule has 0 aromatic heterocycles. The van der Waals surface area contributed by atoms with E-state index in [4.69, 9.17) is 9.47 Å². The van der Waals surface area contributed by atoms with Gasteiger partial charge >= 0.3 is 0 Å². The standard InChI is InChI=1S/C24H33NO2/c1-26-24-18-21(19-25-22-12-8-3-2-4-9-13-22)14-15-23(24)27-17-16-20-10-6-5-7-11-20/h5-7,10-11,14-15,18,22,25H,2-4,8-9,12-13,16-17,19H2,1H3. The summed E-state index contributed by atoms with van der Waals surface area (Å²) in [5.41, 5.74) is 2.54. The maximum atomic E-state index is 5.97. The molecule has 0 bridgehead atoms. The van der Waals surface area contributed by atoms with E-state index in [2.05, 4.69) is 41.7 Å². The van der Waals surface area contributed by atoms with Crippen molar-refractivity contribution in [2.75, 3.05) is 13.7 Å². The Kier molecular flexibility index (Phi) is 8.03. The normalized spacial score (nSPS) is 15.7. The molecule has 1 N–H and O–H groups in total. The number of hydrogen-bond donors (Lipinski definition) is 1. The van der Waals surface area contributed by atoms with Gasteiger partial charge in [0, 0.05) is 19.0 Å². The minimum absolute atomic E-state index is 0.651. The van der Waals surface area contributed by atoms with Gasteiger partial charge in [0.25, 0.3) is 0 Å². The van der Waals surface area contributed by atoms with Gasteiger partial charge in [-0.05, 0) is 36.1 Å². The molecule has 0 radical (unpaired) electrons. The summed E-state index contributed by atoms with van der Waals surface area (Å²) in [5, 5.41) is 3.74. The highest BCUT2D eigenvalue weighted by Gasteiger charge is 2.12.